The average Bonchev–Trinajstić information content (AvgIpc) is 2.99. The van der Waals surface area contributed by atoms with E-state index in [1.165, 1.54) is 10.2 Å². The second-order valence-corrected chi connectivity index (χ2v) is 6.28. The van der Waals surface area contributed by atoms with Crippen LogP contribution >= 0.6 is 0 Å². The lowest BCUT2D eigenvalue weighted by Crippen LogP contribution is -2.47. The highest BCUT2D eigenvalue weighted by molar-refractivity contribution is 5.74. The third kappa shape index (κ3) is 3.00. The number of nitrogens with zero attached hydrogens (tertiary/aromatic N) is 6. The smallest absolute Gasteiger partial charge is 0.373 e. The first-order valence-electron chi connectivity index (χ1n) is 8.35. The highest BCUT2D eigenvalue weighted by Gasteiger charge is 2.25. The van der Waals surface area contributed by atoms with Crippen molar-refractivity contribution in [3.8, 4) is 0 Å². The SMILES string of the molecule is C[C@@H](c1ccc2nccnc2c1)N1CCN(c2nn(C)c(=O)o2)CC1. The molecule has 3 heterocycles. The summed E-state index contributed by atoms with van der Waals surface area (Å²) >= 11 is 0. The van der Waals surface area contributed by atoms with Crippen LogP contribution in [0.3, 0.4) is 0 Å². The summed E-state index contributed by atoms with van der Waals surface area (Å²) in [6.07, 6.45) is 3.43. The van der Waals surface area contributed by atoms with E-state index in [0.717, 1.165) is 37.2 Å². The molecule has 3 aromatic rings. The minimum absolute atomic E-state index is 0.282. The van der Waals surface area contributed by atoms with E-state index >= 15 is 0 Å². The Hall–Kier alpha value is -2.74. The molecule has 8 heteroatoms. The number of aromatic nitrogens is 4. The van der Waals surface area contributed by atoms with Crippen LogP contribution in [0.25, 0.3) is 11.0 Å². The van der Waals surface area contributed by atoms with Gasteiger partial charge in [0, 0.05) is 51.7 Å². The maximum atomic E-state index is 11.4. The largest absolute Gasteiger partial charge is 0.438 e. The topological polar surface area (TPSA) is 80.3 Å². The zero-order chi connectivity index (χ0) is 17.4. The van der Waals surface area contributed by atoms with Gasteiger partial charge in [-0.3, -0.25) is 14.9 Å². The Kier molecular flexibility index (Phi) is 3.96. The van der Waals surface area contributed by atoms with Crippen LogP contribution in [0.4, 0.5) is 6.01 Å². The van der Waals surface area contributed by atoms with Gasteiger partial charge in [-0.1, -0.05) is 6.07 Å². The molecule has 1 atom stereocenters. The van der Waals surface area contributed by atoms with Gasteiger partial charge < -0.3 is 9.32 Å². The Labute approximate surface area is 144 Å². The van der Waals surface area contributed by atoms with Crippen LogP contribution in [0.5, 0.6) is 0 Å². The van der Waals surface area contributed by atoms with Crippen molar-refractivity contribution in [2.45, 2.75) is 13.0 Å². The fourth-order valence-electron chi connectivity index (χ4n) is 3.21. The van der Waals surface area contributed by atoms with Crippen LogP contribution in [0.15, 0.2) is 39.8 Å². The summed E-state index contributed by atoms with van der Waals surface area (Å²) in [6.45, 7) is 5.50. The Balaban J connectivity index is 1.46. The van der Waals surface area contributed by atoms with E-state index in [1.54, 1.807) is 19.4 Å². The second-order valence-electron chi connectivity index (χ2n) is 6.28. The van der Waals surface area contributed by atoms with E-state index in [1.807, 2.05) is 11.0 Å². The number of hydrogen-bond acceptors (Lipinski definition) is 7. The molecule has 8 nitrogen and oxygen atoms in total. The van der Waals surface area contributed by atoms with E-state index in [2.05, 4.69) is 39.0 Å². The van der Waals surface area contributed by atoms with Crippen LogP contribution in [-0.2, 0) is 7.05 Å². The molecule has 1 aromatic carbocycles. The minimum atomic E-state index is -0.428. The number of fused-ring (bicyclic) bond motifs is 1. The monoisotopic (exact) mass is 340 g/mol. The molecule has 25 heavy (non-hydrogen) atoms. The number of aryl methyl sites for hydroxylation is 1. The van der Waals surface area contributed by atoms with Crippen LogP contribution < -0.4 is 10.7 Å². The molecule has 0 spiro atoms. The molecule has 0 N–H and O–H groups in total. The van der Waals surface area contributed by atoms with E-state index in [0.29, 0.717) is 6.01 Å². The van der Waals surface area contributed by atoms with Gasteiger partial charge in [0.1, 0.15) is 0 Å². The van der Waals surface area contributed by atoms with Crippen molar-refractivity contribution in [3.63, 3.8) is 0 Å². The summed E-state index contributed by atoms with van der Waals surface area (Å²) in [6, 6.07) is 6.93. The van der Waals surface area contributed by atoms with Gasteiger partial charge in [-0.15, -0.1) is 5.10 Å². The molecule has 0 radical (unpaired) electrons. The molecular formula is C17H20N6O2. The van der Waals surface area contributed by atoms with Crippen LogP contribution in [0.1, 0.15) is 18.5 Å². The fourth-order valence-corrected chi connectivity index (χ4v) is 3.21. The number of hydrogen-bond donors (Lipinski definition) is 0. The van der Waals surface area contributed by atoms with E-state index in [-0.39, 0.29) is 6.04 Å². The maximum absolute atomic E-state index is 11.4. The summed E-state index contributed by atoms with van der Waals surface area (Å²) < 4.78 is 6.39. The third-order valence-electron chi connectivity index (χ3n) is 4.79. The van der Waals surface area contributed by atoms with Gasteiger partial charge in [-0.2, -0.15) is 4.68 Å². The lowest BCUT2D eigenvalue weighted by molar-refractivity contribution is 0.195. The molecule has 1 aliphatic heterocycles. The predicted molar refractivity (Wildman–Crippen MR) is 93.5 cm³/mol. The van der Waals surface area contributed by atoms with Crippen molar-refractivity contribution in [3.05, 3.63) is 46.7 Å². The van der Waals surface area contributed by atoms with Gasteiger partial charge in [0.05, 0.1) is 11.0 Å². The van der Waals surface area contributed by atoms with E-state index < -0.39 is 5.76 Å². The van der Waals surface area contributed by atoms with Gasteiger partial charge >= 0.3 is 11.8 Å². The van der Waals surface area contributed by atoms with Crippen molar-refractivity contribution < 1.29 is 4.42 Å². The fraction of sp³-hybridized carbons (Fsp3) is 0.412. The maximum Gasteiger partial charge on any atom is 0.438 e. The van der Waals surface area contributed by atoms with Gasteiger partial charge in [-0.25, -0.2) is 4.79 Å². The number of anilines is 1. The summed E-state index contributed by atoms with van der Waals surface area (Å²) in [5, 5.41) is 4.13. The molecule has 4 rings (SSSR count). The van der Waals surface area contributed by atoms with Crippen molar-refractivity contribution >= 4 is 17.0 Å². The van der Waals surface area contributed by atoms with Crippen molar-refractivity contribution in [2.24, 2.45) is 7.05 Å². The Morgan fingerprint density at radius 1 is 1.08 bits per heavy atom. The average molecular weight is 340 g/mol. The van der Waals surface area contributed by atoms with Gasteiger partial charge in [-0.05, 0) is 24.6 Å². The zero-order valence-corrected chi connectivity index (χ0v) is 14.3. The quantitative estimate of drug-likeness (QED) is 0.709. The van der Waals surface area contributed by atoms with Crippen LogP contribution in [0, 0.1) is 0 Å². The molecule has 1 fully saturated rings. The minimum Gasteiger partial charge on any atom is -0.373 e. The standard InChI is InChI=1S/C17H20N6O2/c1-12(13-3-4-14-15(11-13)19-6-5-18-14)22-7-9-23(10-8-22)16-20-21(2)17(24)25-16/h3-6,11-12H,7-10H2,1-2H3/t12-/m0/s1. The zero-order valence-electron chi connectivity index (χ0n) is 14.3. The first-order chi connectivity index (χ1) is 12.1. The van der Waals surface area contributed by atoms with Crippen molar-refractivity contribution in [2.75, 3.05) is 31.1 Å². The summed E-state index contributed by atoms with van der Waals surface area (Å²) in [7, 11) is 1.59. The molecule has 0 unspecified atom stereocenters. The van der Waals surface area contributed by atoms with Crippen LogP contribution in [-0.4, -0.2) is 50.8 Å². The van der Waals surface area contributed by atoms with Gasteiger partial charge in [0.25, 0.3) is 0 Å². The summed E-state index contributed by atoms with van der Waals surface area (Å²) in [5.74, 6) is -0.428. The Morgan fingerprint density at radius 2 is 1.80 bits per heavy atom. The molecule has 1 aliphatic rings. The second kappa shape index (κ2) is 6.29. The molecule has 0 saturated carbocycles. The first kappa shape index (κ1) is 15.8. The number of benzene rings is 1. The van der Waals surface area contributed by atoms with Crippen molar-refractivity contribution in [1.29, 1.82) is 0 Å². The van der Waals surface area contributed by atoms with Gasteiger partial charge in [0.2, 0.25) is 0 Å². The molecule has 2 aromatic heterocycles. The lowest BCUT2D eigenvalue weighted by Gasteiger charge is -2.37. The molecule has 1 saturated heterocycles. The molecule has 0 bridgehead atoms. The summed E-state index contributed by atoms with van der Waals surface area (Å²) in [4.78, 5) is 24.6. The molecule has 0 amide bonds. The highest BCUT2D eigenvalue weighted by Crippen LogP contribution is 2.24. The Bertz CT molecular complexity index is 941. The van der Waals surface area contributed by atoms with Crippen LogP contribution in [0.2, 0.25) is 0 Å². The molecule has 130 valence electrons. The lowest BCUT2D eigenvalue weighted by atomic mass is 10.1. The van der Waals surface area contributed by atoms with Gasteiger partial charge in [0.15, 0.2) is 0 Å². The number of piperazine rings is 1. The molecule has 0 aliphatic carbocycles. The third-order valence-corrected chi connectivity index (χ3v) is 4.79. The highest BCUT2D eigenvalue weighted by atomic mass is 16.4. The predicted octanol–water partition coefficient (Wildman–Crippen LogP) is 1.20. The van der Waals surface area contributed by atoms with Crippen molar-refractivity contribution in [1.82, 2.24) is 24.6 Å². The molecular weight excluding hydrogens is 320 g/mol. The summed E-state index contributed by atoms with van der Waals surface area (Å²) in [5.41, 5.74) is 3.06. The number of rotatable bonds is 3. The normalized spacial score (nSPS) is 17.1. The Morgan fingerprint density at radius 3 is 2.48 bits per heavy atom. The first-order valence-corrected chi connectivity index (χ1v) is 8.35. The van der Waals surface area contributed by atoms with E-state index in [9.17, 15) is 4.79 Å². The van der Waals surface area contributed by atoms with E-state index in [4.69, 9.17) is 4.42 Å².